The molecule has 0 spiro atoms. The molecule has 3 rings (SSSR count). The maximum atomic E-state index is 8.83. The summed E-state index contributed by atoms with van der Waals surface area (Å²) in [6.45, 7) is 0. The van der Waals surface area contributed by atoms with E-state index in [0.717, 1.165) is 22.3 Å². The Labute approximate surface area is 98.7 Å². The summed E-state index contributed by atoms with van der Waals surface area (Å²) in [6, 6.07) is 19.5. The number of fused-ring (bicyclic) bond motifs is 1. The number of furan rings is 1. The average molecular weight is 219 g/mol. The summed E-state index contributed by atoms with van der Waals surface area (Å²) < 4.78 is 5.75. The molecule has 0 aliphatic heterocycles. The minimum absolute atomic E-state index is 0.617. The molecule has 2 heteroatoms. The molecule has 17 heavy (non-hydrogen) atoms. The fraction of sp³-hybridized carbons (Fsp3) is 0. The standard InChI is InChI=1S/C15H9NO/c16-10-11-6-7-13-9-15(17-14(13)8-11)12-4-2-1-3-5-12/h1-9H. The van der Waals surface area contributed by atoms with Crippen molar-refractivity contribution in [2.24, 2.45) is 0 Å². The van der Waals surface area contributed by atoms with Gasteiger partial charge in [0, 0.05) is 10.9 Å². The quantitative estimate of drug-likeness (QED) is 0.620. The molecule has 2 nitrogen and oxygen atoms in total. The van der Waals surface area contributed by atoms with Crippen LogP contribution in [0.5, 0.6) is 0 Å². The Bertz CT molecular complexity index is 705. The van der Waals surface area contributed by atoms with Gasteiger partial charge in [-0.05, 0) is 24.3 Å². The van der Waals surface area contributed by atoms with Crippen molar-refractivity contribution in [3.63, 3.8) is 0 Å². The molecule has 0 atom stereocenters. The molecule has 0 N–H and O–H groups in total. The molecule has 1 heterocycles. The number of rotatable bonds is 1. The van der Waals surface area contributed by atoms with E-state index in [-0.39, 0.29) is 0 Å². The van der Waals surface area contributed by atoms with Crippen molar-refractivity contribution in [3.8, 4) is 17.4 Å². The van der Waals surface area contributed by atoms with Crippen LogP contribution in [0.25, 0.3) is 22.3 Å². The van der Waals surface area contributed by atoms with Gasteiger partial charge in [-0.25, -0.2) is 0 Å². The zero-order valence-corrected chi connectivity index (χ0v) is 9.05. The largest absolute Gasteiger partial charge is 0.456 e. The van der Waals surface area contributed by atoms with E-state index in [1.165, 1.54) is 0 Å². The van der Waals surface area contributed by atoms with Gasteiger partial charge in [-0.2, -0.15) is 5.26 Å². The second kappa shape index (κ2) is 3.80. The van der Waals surface area contributed by atoms with E-state index < -0.39 is 0 Å². The molecular weight excluding hydrogens is 210 g/mol. The Kier molecular flexibility index (Phi) is 2.16. The van der Waals surface area contributed by atoms with Crippen molar-refractivity contribution in [2.45, 2.75) is 0 Å². The highest BCUT2D eigenvalue weighted by atomic mass is 16.3. The zero-order valence-electron chi connectivity index (χ0n) is 9.05. The van der Waals surface area contributed by atoms with Crippen LogP contribution in [0, 0.1) is 11.3 Å². The predicted octanol–water partition coefficient (Wildman–Crippen LogP) is 3.97. The van der Waals surface area contributed by atoms with Gasteiger partial charge >= 0.3 is 0 Å². The van der Waals surface area contributed by atoms with Gasteiger partial charge in [0.2, 0.25) is 0 Å². The molecule has 2 aromatic carbocycles. The smallest absolute Gasteiger partial charge is 0.136 e. The third-order valence-corrected chi connectivity index (χ3v) is 2.71. The normalized spacial score (nSPS) is 10.3. The molecule has 0 saturated heterocycles. The second-order valence-corrected chi connectivity index (χ2v) is 3.84. The summed E-state index contributed by atoms with van der Waals surface area (Å²) in [4.78, 5) is 0. The molecule has 1 aromatic heterocycles. The van der Waals surface area contributed by atoms with E-state index >= 15 is 0 Å². The first-order chi connectivity index (χ1) is 8.36. The Morgan fingerprint density at radius 3 is 2.53 bits per heavy atom. The fourth-order valence-electron chi connectivity index (χ4n) is 1.85. The first kappa shape index (κ1) is 9.68. The van der Waals surface area contributed by atoms with Crippen LogP contribution >= 0.6 is 0 Å². The first-order valence-electron chi connectivity index (χ1n) is 5.36. The van der Waals surface area contributed by atoms with E-state index in [1.54, 1.807) is 12.1 Å². The lowest BCUT2D eigenvalue weighted by Gasteiger charge is -1.93. The summed E-state index contributed by atoms with van der Waals surface area (Å²) in [6.07, 6.45) is 0. The molecule has 80 valence electrons. The summed E-state index contributed by atoms with van der Waals surface area (Å²) >= 11 is 0. The van der Waals surface area contributed by atoms with Crippen LogP contribution < -0.4 is 0 Å². The first-order valence-corrected chi connectivity index (χ1v) is 5.36. The number of hydrogen-bond donors (Lipinski definition) is 0. The predicted molar refractivity (Wildman–Crippen MR) is 66.4 cm³/mol. The van der Waals surface area contributed by atoms with E-state index in [2.05, 4.69) is 6.07 Å². The molecule has 0 amide bonds. The Balaban J connectivity index is 2.18. The van der Waals surface area contributed by atoms with E-state index in [1.807, 2.05) is 42.5 Å². The van der Waals surface area contributed by atoms with Gasteiger partial charge in [0.15, 0.2) is 0 Å². The highest BCUT2D eigenvalue weighted by molar-refractivity contribution is 5.83. The lowest BCUT2D eigenvalue weighted by molar-refractivity contribution is 0.631. The van der Waals surface area contributed by atoms with Gasteiger partial charge in [0.25, 0.3) is 0 Å². The van der Waals surface area contributed by atoms with Gasteiger partial charge in [0.05, 0.1) is 11.6 Å². The van der Waals surface area contributed by atoms with E-state index in [0.29, 0.717) is 5.56 Å². The van der Waals surface area contributed by atoms with Crippen molar-refractivity contribution < 1.29 is 4.42 Å². The van der Waals surface area contributed by atoms with Crippen LogP contribution in [-0.4, -0.2) is 0 Å². The van der Waals surface area contributed by atoms with E-state index in [4.69, 9.17) is 9.68 Å². The van der Waals surface area contributed by atoms with Crippen LogP contribution in [0.15, 0.2) is 59.0 Å². The van der Waals surface area contributed by atoms with Crippen molar-refractivity contribution in [2.75, 3.05) is 0 Å². The number of benzene rings is 2. The molecule has 0 radical (unpaired) electrons. The molecule has 3 aromatic rings. The van der Waals surface area contributed by atoms with E-state index in [9.17, 15) is 0 Å². The monoisotopic (exact) mass is 219 g/mol. The maximum Gasteiger partial charge on any atom is 0.136 e. The molecule has 0 saturated carbocycles. The number of hydrogen-bond acceptors (Lipinski definition) is 2. The Morgan fingerprint density at radius 1 is 0.941 bits per heavy atom. The average Bonchev–Trinajstić information content (AvgIpc) is 2.82. The number of nitrogens with zero attached hydrogens (tertiary/aromatic N) is 1. The van der Waals surface area contributed by atoms with Gasteiger partial charge in [-0.1, -0.05) is 30.3 Å². The van der Waals surface area contributed by atoms with Crippen molar-refractivity contribution in [3.05, 3.63) is 60.2 Å². The highest BCUT2D eigenvalue weighted by Gasteiger charge is 2.06. The Morgan fingerprint density at radius 2 is 1.76 bits per heavy atom. The van der Waals surface area contributed by atoms with Gasteiger partial charge < -0.3 is 4.42 Å². The SMILES string of the molecule is N#Cc1ccc2cc(-c3ccccc3)oc2c1. The summed E-state index contributed by atoms with van der Waals surface area (Å²) in [7, 11) is 0. The zero-order chi connectivity index (χ0) is 11.7. The fourth-order valence-corrected chi connectivity index (χ4v) is 1.85. The van der Waals surface area contributed by atoms with Crippen LogP contribution in [0.4, 0.5) is 0 Å². The summed E-state index contributed by atoms with van der Waals surface area (Å²) in [5.41, 5.74) is 2.41. The Hall–Kier alpha value is -2.53. The summed E-state index contributed by atoms with van der Waals surface area (Å²) in [5, 5.41) is 9.85. The third-order valence-electron chi connectivity index (χ3n) is 2.71. The molecule has 0 unspecified atom stereocenters. The minimum Gasteiger partial charge on any atom is -0.456 e. The van der Waals surface area contributed by atoms with Crippen molar-refractivity contribution in [1.82, 2.24) is 0 Å². The van der Waals surface area contributed by atoms with Gasteiger partial charge in [0.1, 0.15) is 11.3 Å². The minimum atomic E-state index is 0.617. The molecule has 0 fully saturated rings. The van der Waals surface area contributed by atoms with Gasteiger partial charge in [-0.15, -0.1) is 0 Å². The number of nitriles is 1. The molecule has 0 aliphatic carbocycles. The lowest BCUT2D eigenvalue weighted by atomic mass is 10.1. The topological polar surface area (TPSA) is 36.9 Å². The molecular formula is C15H9NO. The van der Waals surface area contributed by atoms with Crippen LogP contribution in [0.2, 0.25) is 0 Å². The molecule has 0 bridgehead atoms. The second-order valence-electron chi connectivity index (χ2n) is 3.84. The van der Waals surface area contributed by atoms with Crippen molar-refractivity contribution in [1.29, 1.82) is 5.26 Å². The van der Waals surface area contributed by atoms with Crippen molar-refractivity contribution >= 4 is 11.0 Å². The maximum absolute atomic E-state index is 8.83. The lowest BCUT2D eigenvalue weighted by Crippen LogP contribution is -1.70. The van der Waals surface area contributed by atoms with Crippen LogP contribution in [-0.2, 0) is 0 Å². The van der Waals surface area contributed by atoms with Crippen LogP contribution in [0.3, 0.4) is 0 Å². The summed E-state index contributed by atoms with van der Waals surface area (Å²) in [5.74, 6) is 0.829. The molecule has 0 aliphatic rings. The highest BCUT2D eigenvalue weighted by Crippen LogP contribution is 2.28. The van der Waals surface area contributed by atoms with Gasteiger partial charge in [-0.3, -0.25) is 0 Å². The third kappa shape index (κ3) is 1.68. The van der Waals surface area contributed by atoms with Crippen LogP contribution in [0.1, 0.15) is 5.56 Å².